The topological polar surface area (TPSA) is 145 Å². The molecule has 0 amide bonds. The molecule has 2 N–H and O–H groups in total. The van der Waals surface area contributed by atoms with Gasteiger partial charge in [-0.3, -0.25) is 19.6 Å². The zero-order chi connectivity index (χ0) is 24.4. The summed E-state index contributed by atoms with van der Waals surface area (Å²) in [6, 6.07) is 13.0. The quantitative estimate of drug-likeness (QED) is 0.341. The third kappa shape index (κ3) is 5.35. The van der Waals surface area contributed by atoms with E-state index in [-0.39, 0.29) is 16.3 Å². The molecule has 0 aromatic heterocycles. The minimum absolute atomic E-state index is 0.0120. The Bertz CT molecular complexity index is 1420. The molecule has 0 fully saturated rings. The first-order valence-electron chi connectivity index (χ1n) is 9.18. The first-order valence-corrected chi connectivity index (χ1v) is 12.5. The lowest BCUT2D eigenvalue weighted by molar-refractivity contribution is -0.387. The number of nitrogens with one attached hydrogen (secondary N) is 2. The fraction of sp³-hybridized carbons (Fsp3) is 0.100. The van der Waals surface area contributed by atoms with E-state index < -0.39 is 35.6 Å². The molecule has 0 atom stereocenters. The molecule has 0 saturated heterocycles. The zero-order valence-electron chi connectivity index (χ0n) is 17.3. The standard InChI is InChI=1S/C20H18ClN3O7S2/c1-13-17(21)4-3-5-18(13)23-32(27,28)16-9-6-14(7-10-16)22-33(29,30)20-11-8-15(31-2)12-19(20)24(25)26/h3-12,22-23H,1-2H3. The molecule has 0 aliphatic carbocycles. The van der Waals surface area contributed by atoms with Crippen LogP contribution in [0.2, 0.25) is 5.02 Å². The van der Waals surface area contributed by atoms with Gasteiger partial charge in [-0.1, -0.05) is 17.7 Å². The van der Waals surface area contributed by atoms with Crippen molar-refractivity contribution in [2.24, 2.45) is 0 Å². The number of methoxy groups -OCH3 is 1. The number of nitro benzene ring substituents is 1. The highest BCUT2D eigenvalue weighted by atomic mass is 35.5. The lowest BCUT2D eigenvalue weighted by Crippen LogP contribution is -2.16. The normalized spacial score (nSPS) is 11.6. The molecule has 0 bridgehead atoms. The van der Waals surface area contributed by atoms with E-state index in [1.165, 1.54) is 37.4 Å². The van der Waals surface area contributed by atoms with E-state index in [4.69, 9.17) is 16.3 Å². The van der Waals surface area contributed by atoms with Gasteiger partial charge in [-0.05, 0) is 61.0 Å². The van der Waals surface area contributed by atoms with Crippen LogP contribution in [0.4, 0.5) is 17.1 Å². The van der Waals surface area contributed by atoms with E-state index in [1.54, 1.807) is 25.1 Å². The molecule has 0 aliphatic rings. The first kappa shape index (κ1) is 24.3. The summed E-state index contributed by atoms with van der Waals surface area (Å²) in [5.74, 6) is 0.123. The average Bonchev–Trinajstić information content (AvgIpc) is 2.76. The maximum Gasteiger partial charge on any atom is 0.293 e. The van der Waals surface area contributed by atoms with Gasteiger partial charge >= 0.3 is 0 Å². The summed E-state index contributed by atoms with van der Waals surface area (Å²) < 4.78 is 60.3. The maximum absolute atomic E-state index is 12.7. The van der Waals surface area contributed by atoms with Crippen molar-refractivity contribution >= 4 is 48.7 Å². The molecular formula is C20H18ClN3O7S2. The lowest BCUT2D eigenvalue weighted by atomic mass is 10.2. The molecule has 0 aliphatic heterocycles. The number of sulfonamides is 2. The number of nitrogens with zero attached hydrogens (tertiary/aromatic N) is 1. The van der Waals surface area contributed by atoms with Gasteiger partial charge in [0, 0.05) is 10.7 Å². The number of rotatable bonds is 8. The van der Waals surface area contributed by atoms with Crippen molar-refractivity contribution in [1.82, 2.24) is 0 Å². The fourth-order valence-electron chi connectivity index (χ4n) is 2.83. The largest absolute Gasteiger partial charge is 0.497 e. The Kier molecular flexibility index (Phi) is 6.81. The van der Waals surface area contributed by atoms with Crippen molar-refractivity contribution in [2.45, 2.75) is 16.7 Å². The Morgan fingerprint density at radius 2 is 1.61 bits per heavy atom. The number of ether oxygens (including phenoxy) is 1. The predicted octanol–water partition coefficient (Wildman–Crippen LogP) is 4.17. The van der Waals surface area contributed by atoms with Gasteiger partial charge in [0.1, 0.15) is 5.75 Å². The summed E-state index contributed by atoms with van der Waals surface area (Å²) in [4.78, 5) is 9.79. The van der Waals surface area contributed by atoms with Crippen LogP contribution in [0, 0.1) is 17.0 Å². The fourth-order valence-corrected chi connectivity index (χ4v) is 5.34. The molecule has 3 aromatic carbocycles. The van der Waals surface area contributed by atoms with E-state index in [9.17, 15) is 26.9 Å². The monoisotopic (exact) mass is 511 g/mol. The number of hydrogen-bond donors (Lipinski definition) is 2. The minimum Gasteiger partial charge on any atom is -0.497 e. The zero-order valence-corrected chi connectivity index (χ0v) is 19.7. The molecule has 10 nitrogen and oxygen atoms in total. The number of hydrogen-bond acceptors (Lipinski definition) is 7. The molecule has 174 valence electrons. The Hall–Kier alpha value is -3.35. The minimum atomic E-state index is -4.35. The molecule has 13 heteroatoms. The molecule has 0 spiro atoms. The van der Waals surface area contributed by atoms with Crippen molar-refractivity contribution < 1.29 is 26.5 Å². The number of anilines is 2. The van der Waals surface area contributed by atoms with Crippen LogP contribution in [-0.4, -0.2) is 28.9 Å². The van der Waals surface area contributed by atoms with Gasteiger partial charge in [0.2, 0.25) is 0 Å². The summed E-state index contributed by atoms with van der Waals surface area (Å²) >= 11 is 6.02. The highest BCUT2D eigenvalue weighted by molar-refractivity contribution is 7.93. The van der Waals surface area contributed by atoms with Gasteiger partial charge in [0.25, 0.3) is 25.7 Å². The van der Waals surface area contributed by atoms with Crippen molar-refractivity contribution in [3.63, 3.8) is 0 Å². The van der Waals surface area contributed by atoms with E-state index in [2.05, 4.69) is 9.44 Å². The van der Waals surface area contributed by atoms with Crippen LogP contribution in [0.25, 0.3) is 0 Å². The second-order valence-electron chi connectivity index (χ2n) is 6.74. The Morgan fingerprint density at radius 3 is 2.21 bits per heavy atom. The molecule has 33 heavy (non-hydrogen) atoms. The van der Waals surface area contributed by atoms with Crippen molar-refractivity contribution in [1.29, 1.82) is 0 Å². The van der Waals surface area contributed by atoms with Crippen LogP contribution >= 0.6 is 11.6 Å². The van der Waals surface area contributed by atoms with Gasteiger partial charge in [-0.25, -0.2) is 16.8 Å². The smallest absolute Gasteiger partial charge is 0.293 e. The van der Waals surface area contributed by atoms with Crippen LogP contribution in [0.3, 0.4) is 0 Å². The van der Waals surface area contributed by atoms with Crippen LogP contribution in [0.15, 0.2) is 70.5 Å². The van der Waals surface area contributed by atoms with E-state index in [0.717, 1.165) is 12.1 Å². The molecule has 0 saturated carbocycles. The highest BCUT2D eigenvalue weighted by Crippen LogP contribution is 2.30. The van der Waals surface area contributed by atoms with Gasteiger partial charge in [0.15, 0.2) is 4.90 Å². The average molecular weight is 512 g/mol. The number of benzene rings is 3. The van der Waals surface area contributed by atoms with Crippen LogP contribution < -0.4 is 14.2 Å². The van der Waals surface area contributed by atoms with E-state index in [0.29, 0.717) is 16.3 Å². The molecular weight excluding hydrogens is 494 g/mol. The maximum atomic E-state index is 12.7. The van der Waals surface area contributed by atoms with Gasteiger partial charge in [0.05, 0.1) is 28.7 Å². The molecule has 3 rings (SSSR count). The van der Waals surface area contributed by atoms with Crippen LogP contribution in [-0.2, 0) is 20.0 Å². The van der Waals surface area contributed by atoms with Crippen LogP contribution in [0.5, 0.6) is 5.75 Å². The SMILES string of the molecule is COc1ccc(S(=O)(=O)Nc2ccc(S(=O)(=O)Nc3cccc(Cl)c3C)cc2)c([N+](=O)[O-])c1. The molecule has 3 aromatic rings. The second kappa shape index (κ2) is 9.25. The first-order chi connectivity index (χ1) is 15.4. The highest BCUT2D eigenvalue weighted by Gasteiger charge is 2.27. The van der Waals surface area contributed by atoms with Gasteiger partial charge in [-0.2, -0.15) is 0 Å². The van der Waals surface area contributed by atoms with Gasteiger partial charge in [-0.15, -0.1) is 0 Å². The second-order valence-corrected chi connectivity index (χ2v) is 10.5. The number of halogens is 1. The van der Waals surface area contributed by atoms with Crippen LogP contribution in [0.1, 0.15) is 5.56 Å². The summed E-state index contributed by atoms with van der Waals surface area (Å²) in [5, 5.41) is 11.7. The van der Waals surface area contributed by atoms with Crippen molar-refractivity contribution in [3.8, 4) is 5.75 Å². The van der Waals surface area contributed by atoms with Gasteiger partial charge < -0.3 is 4.74 Å². The summed E-state index contributed by atoms with van der Waals surface area (Å²) in [5.41, 5.74) is 0.201. The van der Waals surface area contributed by atoms with E-state index >= 15 is 0 Å². The Morgan fingerprint density at radius 1 is 0.939 bits per heavy atom. The Labute approximate surface area is 195 Å². The Balaban J connectivity index is 1.86. The third-order valence-corrected chi connectivity index (χ3v) is 7.80. The van der Waals surface area contributed by atoms with E-state index in [1.807, 2.05) is 0 Å². The summed E-state index contributed by atoms with van der Waals surface area (Å²) in [7, 11) is -7.03. The van der Waals surface area contributed by atoms with Crippen molar-refractivity contribution in [3.05, 3.63) is 81.4 Å². The predicted molar refractivity (Wildman–Crippen MR) is 124 cm³/mol. The summed E-state index contributed by atoms with van der Waals surface area (Å²) in [6.07, 6.45) is 0. The summed E-state index contributed by atoms with van der Waals surface area (Å²) in [6.45, 7) is 1.66. The molecule has 0 heterocycles. The molecule has 0 unspecified atom stereocenters. The number of nitro groups is 1. The lowest BCUT2D eigenvalue weighted by Gasteiger charge is -2.13. The molecule has 0 radical (unpaired) electrons. The third-order valence-electron chi connectivity index (χ3n) is 4.58. The van der Waals surface area contributed by atoms with Crippen molar-refractivity contribution in [2.75, 3.05) is 16.6 Å².